The van der Waals surface area contributed by atoms with Crippen LogP contribution in [-0.4, -0.2) is 35.2 Å². The Morgan fingerprint density at radius 3 is 2.71 bits per heavy atom. The lowest BCUT2D eigenvalue weighted by Gasteiger charge is -2.24. The lowest BCUT2D eigenvalue weighted by atomic mass is 9.93. The molecule has 0 unspecified atom stereocenters. The number of rotatable bonds is 8. The summed E-state index contributed by atoms with van der Waals surface area (Å²) in [5, 5.41) is 16.5. The maximum atomic E-state index is 13.0. The van der Waals surface area contributed by atoms with E-state index in [-0.39, 0.29) is 28.4 Å². The van der Waals surface area contributed by atoms with Crippen molar-refractivity contribution in [2.24, 2.45) is 0 Å². The minimum Gasteiger partial charge on any atom is -0.480 e. The quantitative estimate of drug-likeness (QED) is 0.467. The second-order valence-electron chi connectivity index (χ2n) is 8.47. The second kappa shape index (κ2) is 9.77. The molecule has 0 bridgehead atoms. The minimum absolute atomic E-state index is 0.0931. The molecule has 0 amide bonds. The second-order valence-corrected chi connectivity index (χ2v) is 10.9. The molecule has 1 aliphatic carbocycles. The zero-order valence-electron chi connectivity index (χ0n) is 18.9. The third kappa shape index (κ3) is 5.27. The van der Waals surface area contributed by atoms with Gasteiger partial charge in [-0.15, -0.1) is 0 Å². The van der Waals surface area contributed by atoms with E-state index in [1.165, 1.54) is 16.8 Å². The molecule has 10 heteroatoms. The lowest BCUT2D eigenvalue weighted by molar-refractivity contribution is -0.137. The van der Waals surface area contributed by atoms with Crippen LogP contribution in [0.2, 0.25) is 5.02 Å². The van der Waals surface area contributed by atoms with Crippen molar-refractivity contribution >= 4 is 27.4 Å². The molecule has 1 heterocycles. The molecule has 0 aliphatic heterocycles. The van der Waals surface area contributed by atoms with Crippen LogP contribution in [0.3, 0.4) is 0 Å². The zero-order valence-corrected chi connectivity index (χ0v) is 20.5. The van der Waals surface area contributed by atoms with Gasteiger partial charge in [0.15, 0.2) is 9.84 Å². The van der Waals surface area contributed by atoms with Gasteiger partial charge in [-0.05, 0) is 62.9 Å². The third-order valence-corrected chi connectivity index (χ3v) is 7.69. The van der Waals surface area contributed by atoms with Crippen LogP contribution < -0.4 is 10.1 Å². The number of aromatic nitrogens is 2. The number of ether oxygens (including phenoxy) is 1. The number of sulfone groups is 1. The summed E-state index contributed by atoms with van der Waals surface area (Å²) in [5.74, 6) is -0.218. The maximum Gasteiger partial charge on any atom is 0.325 e. The molecule has 2 aromatic carbocycles. The average molecular weight is 504 g/mol. The van der Waals surface area contributed by atoms with Crippen molar-refractivity contribution in [1.29, 1.82) is 0 Å². The van der Waals surface area contributed by atoms with Gasteiger partial charge in [0.1, 0.15) is 23.9 Å². The highest BCUT2D eigenvalue weighted by Gasteiger charge is 2.26. The van der Waals surface area contributed by atoms with Crippen LogP contribution in [0, 0.1) is 13.8 Å². The lowest BCUT2D eigenvalue weighted by Crippen LogP contribution is -2.30. The summed E-state index contributed by atoms with van der Waals surface area (Å²) in [6.07, 6.45) is 3.89. The van der Waals surface area contributed by atoms with Crippen molar-refractivity contribution in [2.75, 3.05) is 5.88 Å². The zero-order chi connectivity index (χ0) is 24.5. The Kier molecular flexibility index (Phi) is 6.97. The summed E-state index contributed by atoms with van der Waals surface area (Å²) in [7, 11) is -3.67. The van der Waals surface area contributed by atoms with Gasteiger partial charge < -0.3 is 9.84 Å². The summed E-state index contributed by atoms with van der Waals surface area (Å²) in [6.45, 7) is 3.71. The topological polar surface area (TPSA) is 111 Å². The molecule has 0 saturated heterocycles. The first kappa shape index (κ1) is 24.3. The van der Waals surface area contributed by atoms with Crippen LogP contribution in [0.15, 0.2) is 47.5 Å². The third-order valence-electron chi connectivity index (χ3n) is 5.88. The molecular weight excluding hydrogens is 478 g/mol. The van der Waals surface area contributed by atoms with Gasteiger partial charge in [0.05, 0.1) is 16.1 Å². The summed E-state index contributed by atoms with van der Waals surface area (Å²) < 4.78 is 33.3. The van der Waals surface area contributed by atoms with Crippen molar-refractivity contribution in [3.05, 3.63) is 70.0 Å². The van der Waals surface area contributed by atoms with E-state index in [1.54, 1.807) is 12.3 Å². The normalized spacial score (nSPS) is 15.7. The highest BCUT2D eigenvalue weighted by Crippen LogP contribution is 2.34. The molecule has 1 aliphatic rings. The predicted octanol–water partition coefficient (Wildman–Crippen LogP) is 4.43. The van der Waals surface area contributed by atoms with Gasteiger partial charge in [-0.3, -0.25) is 14.8 Å². The van der Waals surface area contributed by atoms with E-state index in [0.29, 0.717) is 17.9 Å². The number of halogens is 1. The predicted molar refractivity (Wildman–Crippen MR) is 128 cm³/mol. The molecule has 0 spiro atoms. The van der Waals surface area contributed by atoms with Crippen molar-refractivity contribution in [3.8, 4) is 11.5 Å². The van der Waals surface area contributed by atoms with E-state index < -0.39 is 15.8 Å². The number of hydrogen-bond acceptors (Lipinski definition) is 6. The number of benzene rings is 2. The Balaban J connectivity index is 1.47. The van der Waals surface area contributed by atoms with E-state index in [1.807, 2.05) is 32.0 Å². The van der Waals surface area contributed by atoms with Crippen LogP contribution in [0.5, 0.6) is 11.5 Å². The van der Waals surface area contributed by atoms with E-state index in [2.05, 4.69) is 10.4 Å². The van der Waals surface area contributed by atoms with Crippen LogP contribution in [0.1, 0.15) is 41.3 Å². The smallest absolute Gasteiger partial charge is 0.325 e. The number of nitrogens with zero attached hydrogens (tertiary/aromatic N) is 2. The molecule has 0 fully saturated rings. The van der Waals surface area contributed by atoms with Gasteiger partial charge in [-0.2, -0.15) is 5.10 Å². The highest BCUT2D eigenvalue weighted by molar-refractivity contribution is 7.91. The van der Waals surface area contributed by atoms with Crippen LogP contribution in [0.4, 0.5) is 0 Å². The molecule has 0 radical (unpaired) electrons. The van der Waals surface area contributed by atoms with Gasteiger partial charge >= 0.3 is 5.97 Å². The monoisotopic (exact) mass is 503 g/mol. The summed E-state index contributed by atoms with van der Waals surface area (Å²) >= 11 is 6.36. The first-order valence-corrected chi connectivity index (χ1v) is 12.9. The Hall–Kier alpha value is -2.88. The van der Waals surface area contributed by atoms with Crippen LogP contribution >= 0.6 is 11.6 Å². The number of hydrogen-bond donors (Lipinski definition) is 2. The van der Waals surface area contributed by atoms with E-state index in [0.717, 1.165) is 35.2 Å². The molecule has 2 N–H and O–H groups in total. The number of carbonyl (C=O) groups is 1. The molecule has 0 saturated carbocycles. The first-order chi connectivity index (χ1) is 16.1. The summed E-state index contributed by atoms with van der Waals surface area (Å²) in [5.41, 5.74) is 3.75. The fourth-order valence-corrected chi connectivity index (χ4v) is 5.62. The van der Waals surface area contributed by atoms with E-state index >= 15 is 0 Å². The minimum atomic E-state index is -3.67. The van der Waals surface area contributed by atoms with Gasteiger partial charge in [0.25, 0.3) is 0 Å². The van der Waals surface area contributed by atoms with Crippen molar-refractivity contribution in [2.45, 2.75) is 50.6 Å². The van der Waals surface area contributed by atoms with Crippen LogP contribution in [0.25, 0.3) is 0 Å². The first-order valence-electron chi connectivity index (χ1n) is 10.9. The number of carboxylic acid groups (broad SMARTS) is 1. The SMILES string of the molecule is Cc1ccc(Oc2ccc(S(=O)(=O)CN[C@@H]3CCCc4c3cnn4CC(=O)O)cc2Cl)c(C)c1. The number of aryl methyl sites for hydroxylation is 2. The Morgan fingerprint density at radius 2 is 2.00 bits per heavy atom. The van der Waals surface area contributed by atoms with Gasteiger partial charge in [0, 0.05) is 17.3 Å². The van der Waals surface area contributed by atoms with E-state index in [9.17, 15) is 13.2 Å². The number of fused-ring (bicyclic) bond motifs is 1. The van der Waals surface area contributed by atoms with Gasteiger partial charge in [0.2, 0.25) is 0 Å². The molecule has 4 rings (SSSR count). The fourth-order valence-electron chi connectivity index (χ4n) is 4.18. The van der Waals surface area contributed by atoms with Gasteiger partial charge in [-0.1, -0.05) is 29.3 Å². The van der Waals surface area contributed by atoms with Crippen molar-refractivity contribution in [3.63, 3.8) is 0 Å². The summed E-state index contributed by atoms with van der Waals surface area (Å²) in [6, 6.07) is 10.0. The summed E-state index contributed by atoms with van der Waals surface area (Å²) in [4.78, 5) is 11.1. The Labute approximate surface area is 203 Å². The fraction of sp³-hybridized carbons (Fsp3) is 0.333. The number of nitrogens with one attached hydrogen (secondary N) is 1. The number of aliphatic carboxylic acids is 1. The molecule has 34 heavy (non-hydrogen) atoms. The van der Waals surface area contributed by atoms with Gasteiger partial charge in [-0.25, -0.2) is 8.42 Å². The molecular formula is C24H26ClN3O5S. The van der Waals surface area contributed by atoms with E-state index in [4.69, 9.17) is 21.4 Å². The number of carboxylic acids is 1. The van der Waals surface area contributed by atoms with Crippen LogP contribution in [-0.2, 0) is 27.6 Å². The standard InChI is InChI=1S/C24H26ClN3O5S/c1-15-6-8-22(16(2)10-15)33-23-9-7-17(11-19(23)25)34(31,32)14-26-20-4-3-5-21-18(20)12-27-28(21)13-24(29)30/h6-12,20,26H,3-5,13-14H2,1-2H3,(H,29,30)/t20-/m1/s1. The highest BCUT2D eigenvalue weighted by atomic mass is 35.5. The Morgan fingerprint density at radius 1 is 1.24 bits per heavy atom. The molecule has 1 atom stereocenters. The van der Waals surface area contributed by atoms with Crippen molar-refractivity contribution < 1.29 is 23.1 Å². The largest absolute Gasteiger partial charge is 0.480 e. The Bertz CT molecular complexity index is 1340. The molecule has 3 aromatic rings. The van der Waals surface area contributed by atoms with Crippen molar-refractivity contribution in [1.82, 2.24) is 15.1 Å². The molecule has 180 valence electrons. The molecule has 1 aromatic heterocycles. The molecule has 8 nitrogen and oxygen atoms in total. The average Bonchev–Trinajstić information content (AvgIpc) is 3.18. The maximum absolute atomic E-state index is 13.0.